The van der Waals surface area contributed by atoms with E-state index in [2.05, 4.69) is 29.5 Å². The molecule has 4 nitrogen and oxygen atoms in total. The number of amides is 1. The summed E-state index contributed by atoms with van der Waals surface area (Å²) in [6.07, 6.45) is 4.80. The standard InChI is InChI=1S/C12H21N3OS.2ClH/c1-3-5-11-15-9-10(17-11)12(16)14-8-7-13-6-4-2;;/h9,13H,3-8H2,1-2H3,(H,14,16);2*1H. The van der Waals surface area contributed by atoms with Crippen molar-refractivity contribution in [2.45, 2.75) is 33.1 Å². The Labute approximate surface area is 131 Å². The smallest absolute Gasteiger partial charge is 0.263 e. The van der Waals surface area contributed by atoms with E-state index in [9.17, 15) is 4.79 Å². The molecule has 1 rings (SSSR count). The molecule has 7 heteroatoms. The molecule has 0 aliphatic rings. The van der Waals surface area contributed by atoms with Crippen molar-refractivity contribution in [1.82, 2.24) is 15.6 Å². The van der Waals surface area contributed by atoms with Crippen LogP contribution in [0.1, 0.15) is 41.4 Å². The highest BCUT2D eigenvalue weighted by Gasteiger charge is 2.09. The predicted octanol–water partition coefficient (Wildman–Crippen LogP) is 2.67. The van der Waals surface area contributed by atoms with Crippen molar-refractivity contribution >= 4 is 42.1 Å². The SMILES string of the molecule is CCCNCCNC(=O)c1cnc(CCC)s1.Cl.Cl. The zero-order chi connectivity index (χ0) is 12.5. The number of aromatic nitrogens is 1. The van der Waals surface area contributed by atoms with E-state index in [0.29, 0.717) is 11.4 Å². The van der Waals surface area contributed by atoms with Crippen LogP contribution in [0.2, 0.25) is 0 Å². The number of aryl methyl sites for hydroxylation is 1. The molecule has 0 radical (unpaired) electrons. The summed E-state index contributed by atoms with van der Waals surface area (Å²) in [7, 11) is 0. The molecule has 1 aromatic heterocycles. The Morgan fingerprint density at radius 1 is 1.21 bits per heavy atom. The molecule has 2 N–H and O–H groups in total. The average Bonchev–Trinajstić information content (AvgIpc) is 2.78. The van der Waals surface area contributed by atoms with Gasteiger partial charge < -0.3 is 10.6 Å². The van der Waals surface area contributed by atoms with E-state index in [0.717, 1.165) is 37.4 Å². The summed E-state index contributed by atoms with van der Waals surface area (Å²) in [5.74, 6) is -0.0110. The Hall–Kier alpha value is -0.360. The number of thiazole rings is 1. The van der Waals surface area contributed by atoms with Crippen LogP contribution in [0.25, 0.3) is 0 Å². The van der Waals surface area contributed by atoms with E-state index < -0.39 is 0 Å². The highest BCUT2D eigenvalue weighted by atomic mass is 35.5. The lowest BCUT2D eigenvalue weighted by Gasteiger charge is -2.04. The molecule has 1 amide bonds. The lowest BCUT2D eigenvalue weighted by atomic mass is 10.4. The minimum atomic E-state index is -0.0110. The van der Waals surface area contributed by atoms with Gasteiger partial charge in [-0.3, -0.25) is 4.79 Å². The van der Waals surface area contributed by atoms with Crippen LogP contribution in [-0.2, 0) is 6.42 Å². The van der Waals surface area contributed by atoms with E-state index >= 15 is 0 Å². The van der Waals surface area contributed by atoms with E-state index in [-0.39, 0.29) is 30.7 Å². The quantitative estimate of drug-likeness (QED) is 0.722. The first kappa shape index (κ1) is 20.9. The number of halogens is 2. The number of nitrogens with one attached hydrogen (secondary N) is 2. The van der Waals surface area contributed by atoms with Crippen LogP contribution < -0.4 is 10.6 Å². The van der Waals surface area contributed by atoms with Crippen molar-refractivity contribution in [3.63, 3.8) is 0 Å². The molecule has 0 fully saturated rings. The second-order valence-corrected chi connectivity index (χ2v) is 4.99. The Morgan fingerprint density at radius 3 is 2.58 bits per heavy atom. The molecule has 0 unspecified atom stereocenters. The van der Waals surface area contributed by atoms with Crippen molar-refractivity contribution in [2.24, 2.45) is 0 Å². The molecule has 1 heterocycles. The molecule has 0 spiro atoms. The van der Waals surface area contributed by atoms with Crippen molar-refractivity contribution in [3.8, 4) is 0 Å². The van der Waals surface area contributed by atoms with Crippen molar-refractivity contribution in [1.29, 1.82) is 0 Å². The van der Waals surface area contributed by atoms with Gasteiger partial charge in [-0.05, 0) is 25.8 Å². The van der Waals surface area contributed by atoms with Crippen LogP contribution in [0.3, 0.4) is 0 Å². The van der Waals surface area contributed by atoms with E-state index in [1.165, 1.54) is 11.3 Å². The van der Waals surface area contributed by atoms with Crippen LogP contribution in [0.15, 0.2) is 6.20 Å². The van der Waals surface area contributed by atoms with Gasteiger partial charge in [0.05, 0.1) is 11.2 Å². The zero-order valence-electron chi connectivity index (χ0n) is 11.4. The van der Waals surface area contributed by atoms with E-state index in [1.54, 1.807) is 6.20 Å². The summed E-state index contributed by atoms with van der Waals surface area (Å²) in [6, 6.07) is 0. The summed E-state index contributed by atoms with van der Waals surface area (Å²) in [6.45, 7) is 6.72. The maximum Gasteiger partial charge on any atom is 0.263 e. The maximum atomic E-state index is 11.7. The summed E-state index contributed by atoms with van der Waals surface area (Å²) >= 11 is 1.49. The number of nitrogens with zero attached hydrogens (tertiary/aromatic N) is 1. The van der Waals surface area contributed by atoms with Gasteiger partial charge in [0.25, 0.3) is 5.91 Å². The largest absolute Gasteiger partial charge is 0.350 e. The van der Waals surface area contributed by atoms with Gasteiger partial charge in [-0.15, -0.1) is 36.2 Å². The Balaban J connectivity index is 0. The van der Waals surface area contributed by atoms with Crippen LogP contribution in [0, 0.1) is 0 Å². The molecule has 0 aliphatic heterocycles. The highest BCUT2D eigenvalue weighted by molar-refractivity contribution is 7.13. The third-order valence-corrected chi connectivity index (χ3v) is 3.31. The van der Waals surface area contributed by atoms with Crippen LogP contribution >= 0.6 is 36.2 Å². The van der Waals surface area contributed by atoms with Gasteiger partial charge in [-0.2, -0.15) is 0 Å². The number of hydrogen-bond acceptors (Lipinski definition) is 4. The van der Waals surface area contributed by atoms with Crippen molar-refractivity contribution in [3.05, 3.63) is 16.1 Å². The fourth-order valence-electron chi connectivity index (χ4n) is 1.40. The normalized spacial score (nSPS) is 9.37. The number of carbonyl (C=O) groups excluding carboxylic acids is 1. The molecule has 0 aliphatic carbocycles. The highest BCUT2D eigenvalue weighted by Crippen LogP contribution is 2.14. The summed E-state index contributed by atoms with van der Waals surface area (Å²) in [5, 5.41) is 7.17. The van der Waals surface area contributed by atoms with Crippen molar-refractivity contribution in [2.75, 3.05) is 19.6 Å². The number of carbonyl (C=O) groups is 1. The van der Waals surface area contributed by atoms with Gasteiger partial charge in [0, 0.05) is 13.1 Å². The number of hydrogen-bond donors (Lipinski definition) is 2. The fraction of sp³-hybridized carbons (Fsp3) is 0.667. The predicted molar refractivity (Wildman–Crippen MR) is 86.1 cm³/mol. The lowest BCUT2D eigenvalue weighted by molar-refractivity contribution is 0.0958. The first-order chi connectivity index (χ1) is 8.27. The summed E-state index contributed by atoms with van der Waals surface area (Å²) < 4.78 is 0. The minimum absolute atomic E-state index is 0. The van der Waals surface area contributed by atoms with E-state index in [4.69, 9.17) is 0 Å². The number of rotatable bonds is 8. The Bertz CT molecular complexity index is 347. The first-order valence-corrected chi connectivity index (χ1v) is 7.03. The van der Waals surface area contributed by atoms with Crippen LogP contribution in [-0.4, -0.2) is 30.5 Å². The van der Waals surface area contributed by atoms with Gasteiger partial charge in [0.15, 0.2) is 0 Å². The van der Waals surface area contributed by atoms with Gasteiger partial charge in [0.1, 0.15) is 4.88 Å². The topological polar surface area (TPSA) is 54.0 Å². The second-order valence-electron chi connectivity index (χ2n) is 3.87. The van der Waals surface area contributed by atoms with Crippen LogP contribution in [0.4, 0.5) is 0 Å². The molecule has 1 aromatic rings. The third-order valence-electron chi connectivity index (χ3n) is 2.26. The molecule has 0 saturated heterocycles. The molecular weight excluding hydrogens is 305 g/mol. The first-order valence-electron chi connectivity index (χ1n) is 6.21. The third kappa shape index (κ3) is 8.42. The summed E-state index contributed by atoms with van der Waals surface area (Å²) in [5.41, 5.74) is 0. The Kier molecular flexibility index (Phi) is 14.0. The zero-order valence-corrected chi connectivity index (χ0v) is 13.8. The molecule has 112 valence electrons. The monoisotopic (exact) mass is 327 g/mol. The van der Waals surface area contributed by atoms with Crippen LogP contribution in [0.5, 0.6) is 0 Å². The van der Waals surface area contributed by atoms with Gasteiger partial charge >= 0.3 is 0 Å². The molecule has 0 aromatic carbocycles. The summed E-state index contributed by atoms with van der Waals surface area (Å²) in [4.78, 5) is 16.7. The molecule has 0 saturated carbocycles. The van der Waals surface area contributed by atoms with Gasteiger partial charge in [-0.1, -0.05) is 13.8 Å². The van der Waals surface area contributed by atoms with Crippen molar-refractivity contribution < 1.29 is 4.79 Å². The molecular formula is C12H23Cl2N3OS. The van der Waals surface area contributed by atoms with Gasteiger partial charge in [-0.25, -0.2) is 4.98 Å². The molecule has 19 heavy (non-hydrogen) atoms. The fourth-order valence-corrected chi connectivity index (χ4v) is 2.33. The maximum absolute atomic E-state index is 11.7. The average molecular weight is 328 g/mol. The van der Waals surface area contributed by atoms with Gasteiger partial charge in [0.2, 0.25) is 0 Å². The lowest BCUT2D eigenvalue weighted by Crippen LogP contribution is -2.31. The van der Waals surface area contributed by atoms with E-state index in [1.807, 2.05) is 0 Å². The second kappa shape index (κ2) is 12.7. The molecule has 0 bridgehead atoms. The Morgan fingerprint density at radius 2 is 1.95 bits per heavy atom. The molecule has 0 atom stereocenters. The minimum Gasteiger partial charge on any atom is -0.350 e.